The van der Waals surface area contributed by atoms with Crippen molar-refractivity contribution in [1.29, 1.82) is 0 Å². The number of hydrazone groups is 1. The minimum atomic E-state index is -0.239. The normalized spacial score (nSPS) is 17.2. The van der Waals surface area contributed by atoms with Crippen LogP contribution in [0.1, 0.15) is 23.6 Å². The van der Waals surface area contributed by atoms with Crippen molar-refractivity contribution in [3.05, 3.63) is 64.1 Å². The van der Waals surface area contributed by atoms with E-state index in [0.717, 1.165) is 21.3 Å². The molecule has 23 heavy (non-hydrogen) atoms. The van der Waals surface area contributed by atoms with Gasteiger partial charge in [0.1, 0.15) is 11.6 Å². The molecule has 1 N–H and O–H groups in total. The number of nitrogens with zero attached hydrogens (tertiary/aromatic N) is 2. The van der Waals surface area contributed by atoms with E-state index in [1.807, 2.05) is 24.3 Å². The standard InChI is InChI=1S/C17H14BrClN2O2/c18-13-5-1-11(2-6-13)15-9-16(21(20-15)17(23)10-19)12-3-7-14(22)8-4-12/h1-8,16,22H,9-10H2. The number of aromatic hydroxyl groups is 1. The smallest absolute Gasteiger partial charge is 0.258 e. The summed E-state index contributed by atoms with van der Waals surface area (Å²) in [7, 11) is 0. The quantitative estimate of drug-likeness (QED) is 0.799. The van der Waals surface area contributed by atoms with Gasteiger partial charge in [-0.25, -0.2) is 5.01 Å². The highest BCUT2D eigenvalue weighted by Gasteiger charge is 2.32. The average molecular weight is 394 g/mol. The van der Waals surface area contributed by atoms with Gasteiger partial charge in [0.25, 0.3) is 5.91 Å². The number of phenolic OH excluding ortho intramolecular Hbond substituents is 1. The van der Waals surface area contributed by atoms with Gasteiger partial charge in [-0.15, -0.1) is 11.6 Å². The molecule has 118 valence electrons. The highest BCUT2D eigenvalue weighted by Crippen LogP contribution is 2.33. The summed E-state index contributed by atoms with van der Waals surface area (Å²) in [5.41, 5.74) is 2.73. The molecule has 0 aliphatic carbocycles. The van der Waals surface area contributed by atoms with Gasteiger partial charge in [-0.05, 0) is 35.4 Å². The first-order valence-corrected chi connectivity index (χ1v) is 8.41. The Morgan fingerprint density at radius 3 is 2.48 bits per heavy atom. The molecule has 2 aromatic rings. The minimum absolute atomic E-state index is 0.119. The van der Waals surface area contributed by atoms with E-state index in [1.54, 1.807) is 24.3 Å². The Bertz CT molecular complexity index is 744. The Morgan fingerprint density at radius 1 is 1.22 bits per heavy atom. The number of hydrogen-bond acceptors (Lipinski definition) is 3. The lowest BCUT2D eigenvalue weighted by Gasteiger charge is -2.21. The van der Waals surface area contributed by atoms with E-state index in [2.05, 4.69) is 21.0 Å². The summed E-state index contributed by atoms with van der Waals surface area (Å²) < 4.78 is 0.989. The fraction of sp³-hybridized carbons (Fsp3) is 0.176. The van der Waals surface area contributed by atoms with E-state index in [4.69, 9.17) is 11.6 Å². The molecule has 0 radical (unpaired) electrons. The monoisotopic (exact) mass is 392 g/mol. The third-order valence-corrected chi connectivity index (χ3v) is 4.49. The molecule has 2 aromatic carbocycles. The van der Waals surface area contributed by atoms with E-state index < -0.39 is 0 Å². The summed E-state index contributed by atoms with van der Waals surface area (Å²) in [6.45, 7) is 0. The molecule has 1 heterocycles. The number of carbonyl (C=O) groups excluding carboxylic acids is 1. The van der Waals surface area contributed by atoms with Crippen molar-refractivity contribution >= 4 is 39.1 Å². The number of amides is 1. The van der Waals surface area contributed by atoms with Crippen LogP contribution in [-0.4, -0.2) is 27.6 Å². The highest BCUT2D eigenvalue weighted by atomic mass is 79.9. The topological polar surface area (TPSA) is 52.9 Å². The first kappa shape index (κ1) is 16.0. The number of carbonyl (C=O) groups is 1. The first-order valence-electron chi connectivity index (χ1n) is 7.09. The number of rotatable bonds is 3. The predicted molar refractivity (Wildman–Crippen MR) is 93.7 cm³/mol. The van der Waals surface area contributed by atoms with Gasteiger partial charge in [-0.2, -0.15) is 5.10 Å². The number of alkyl halides is 1. The first-order chi connectivity index (χ1) is 11.1. The molecule has 1 aliphatic heterocycles. The van der Waals surface area contributed by atoms with Gasteiger partial charge >= 0.3 is 0 Å². The van der Waals surface area contributed by atoms with Crippen LogP contribution in [0.2, 0.25) is 0 Å². The van der Waals surface area contributed by atoms with E-state index in [9.17, 15) is 9.90 Å². The number of phenols is 1. The van der Waals surface area contributed by atoms with E-state index in [-0.39, 0.29) is 23.6 Å². The molecule has 1 atom stereocenters. The Labute approximate surface area is 147 Å². The highest BCUT2D eigenvalue weighted by molar-refractivity contribution is 9.10. The predicted octanol–water partition coefficient (Wildman–Crippen LogP) is 4.07. The molecule has 0 fully saturated rings. The van der Waals surface area contributed by atoms with E-state index in [0.29, 0.717) is 6.42 Å². The average Bonchev–Trinajstić information content (AvgIpc) is 3.00. The van der Waals surface area contributed by atoms with Gasteiger partial charge in [-0.1, -0.05) is 40.2 Å². The molecule has 0 bridgehead atoms. The molecule has 1 amide bonds. The summed E-state index contributed by atoms with van der Waals surface area (Å²) in [5.74, 6) is -0.168. The molecule has 0 saturated carbocycles. The summed E-state index contributed by atoms with van der Waals surface area (Å²) in [6, 6.07) is 14.4. The molecule has 0 spiro atoms. The zero-order chi connectivity index (χ0) is 16.4. The van der Waals surface area contributed by atoms with Gasteiger partial charge in [0.05, 0.1) is 11.8 Å². The second kappa shape index (κ2) is 6.72. The van der Waals surface area contributed by atoms with Gasteiger partial charge < -0.3 is 5.11 Å². The Hall–Kier alpha value is -1.85. The lowest BCUT2D eigenvalue weighted by molar-refractivity contribution is -0.130. The van der Waals surface area contributed by atoms with Crippen LogP contribution in [0.3, 0.4) is 0 Å². The van der Waals surface area contributed by atoms with Crippen LogP contribution in [0.25, 0.3) is 0 Å². The van der Waals surface area contributed by atoms with Crippen molar-refractivity contribution in [3.8, 4) is 5.75 Å². The summed E-state index contributed by atoms with van der Waals surface area (Å²) in [4.78, 5) is 12.1. The van der Waals surface area contributed by atoms with E-state index >= 15 is 0 Å². The van der Waals surface area contributed by atoms with Crippen molar-refractivity contribution in [2.45, 2.75) is 12.5 Å². The molecule has 1 aliphatic rings. The largest absolute Gasteiger partial charge is 0.508 e. The molecule has 0 aromatic heterocycles. The van der Waals surface area contributed by atoms with Gasteiger partial charge in [0.15, 0.2) is 0 Å². The zero-order valence-electron chi connectivity index (χ0n) is 12.1. The molecular weight excluding hydrogens is 380 g/mol. The number of benzene rings is 2. The molecule has 0 saturated heterocycles. The maximum Gasteiger partial charge on any atom is 0.258 e. The fourth-order valence-corrected chi connectivity index (χ4v) is 2.96. The summed E-state index contributed by atoms with van der Waals surface area (Å²) >= 11 is 9.13. The zero-order valence-corrected chi connectivity index (χ0v) is 14.5. The Morgan fingerprint density at radius 2 is 1.87 bits per heavy atom. The van der Waals surface area contributed by atoms with E-state index in [1.165, 1.54) is 5.01 Å². The Kier molecular flexibility index (Phi) is 4.68. The van der Waals surface area contributed by atoms with Crippen molar-refractivity contribution in [3.63, 3.8) is 0 Å². The Balaban J connectivity index is 1.93. The number of halogens is 2. The van der Waals surface area contributed by atoms with Crippen LogP contribution in [0, 0.1) is 0 Å². The van der Waals surface area contributed by atoms with Crippen molar-refractivity contribution in [1.82, 2.24) is 5.01 Å². The van der Waals surface area contributed by atoms with Crippen LogP contribution >= 0.6 is 27.5 Å². The maximum atomic E-state index is 12.1. The van der Waals surface area contributed by atoms with Gasteiger partial charge in [-0.3, -0.25) is 4.79 Å². The maximum absolute atomic E-state index is 12.1. The SMILES string of the molecule is O=C(CCl)N1N=C(c2ccc(Br)cc2)CC1c1ccc(O)cc1. The third-order valence-electron chi connectivity index (χ3n) is 3.74. The lowest BCUT2D eigenvalue weighted by Crippen LogP contribution is -2.27. The van der Waals surface area contributed by atoms with Crippen molar-refractivity contribution in [2.75, 3.05) is 5.88 Å². The third kappa shape index (κ3) is 3.41. The van der Waals surface area contributed by atoms with Crippen LogP contribution < -0.4 is 0 Å². The molecule has 4 nitrogen and oxygen atoms in total. The van der Waals surface area contributed by atoms with Gasteiger partial charge in [0, 0.05) is 10.9 Å². The van der Waals surface area contributed by atoms with Crippen LogP contribution in [0.5, 0.6) is 5.75 Å². The number of hydrogen-bond donors (Lipinski definition) is 1. The summed E-state index contributed by atoms with van der Waals surface area (Å²) in [6.07, 6.45) is 0.606. The van der Waals surface area contributed by atoms with Crippen LogP contribution in [0.15, 0.2) is 58.1 Å². The molecule has 6 heteroatoms. The molecule has 1 unspecified atom stereocenters. The fourth-order valence-electron chi connectivity index (χ4n) is 2.57. The van der Waals surface area contributed by atoms with Crippen LogP contribution in [-0.2, 0) is 4.79 Å². The second-order valence-corrected chi connectivity index (χ2v) is 6.42. The van der Waals surface area contributed by atoms with Crippen molar-refractivity contribution in [2.24, 2.45) is 5.10 Å². The van der Waals surface area contributed by atoms with Gasteiger partial charge in [0.2, 0.25) is 0 Å². The lowest BCUT2D eigenvalue weighted by atomic mass is 9.98. The molecular formula is C17H14BrClN2O2. The minimum Gasteiger partial charge on any atom is -0.508 e. The molecule has 3 rings (SSSR count). The second-order valence-electron chi connectivity index (χ2n) is 5.24. The van der Waals surface area contributed by atoms with Crippen LogP contribution in [0.4, 0.5) is 0 Å². The van der Waals surface area contributed by atoms with Crippen molar-refractivity contribution < 1.29 is 9.90 Å². The summed E-state index contributed by atoms with van der Waals surface area (Å²) in [5, 5.41) is 15.4.